The van der Waals surface area contributed by atoms with Crippen molar-refractivity contribution in [1.29, 1.82) is 0 Å². The highest BCUT2D eigenvalue weighted by atomic mass is 32.2. The maximum atomic E-state index is 12.3. The first-order valence-corrected chi connectivity index (χ1v) is 10.7. The quantitative estimate of drug-likeness (QED) is 0.704. The van der Waals surface area contributed by atoms with Gasteiger partial charge in [0.2, 0.25) is 21.7 Å². The van der Waals surface area contributed by atoms with E-state index in [-0.39, 0.29) is 18.4 Å². The Kier molecular flexibility index (Phi) is 7.32. The lowest BCUT2D eigenvalue weighted by Gasteiger charge is -2.31. The minimum absolute atomic E-state index is 0.118. The summed E-state index contributed by atoms with van der Waals surface area (Å²) in [6, 6.07) is 3.47. The molecule has 1 heterocycles. The van der Waals surface area contributed by atoms with Crippen molar-refractivity contribution >= 4 is 15.9 Å². The van der Waals surface area contributed by atoms with Crippen molar-refractivity contribution in [2.45, 2.75) is 31.7 Å². The van der Waals surface area contributed by atoms with E-state index in [1.54, 1.807) is 20.3 Å². The molecule has 0 bridgehead atoms. The molecule has 1 fully saturated rings. The first kappa shape index (κ1) is 21.3. The molecule has 0 spiro atoms. The molecule has 1 N–H and O–H groups in total. The summed E-state index contributed by atoms with van der Waals surface area (Å²) in [5, 5.41) is 2.94. The molecule has 1 unspecified atom stereocenters. The van der Waals surface area contributed by atoms with E-state index in [0.29, 0.717) is 36.8 Å². The summed E-state index contributed by atoms with van der Waals surface area (Å²) in [4.78, 5) is 12.3. The van der Waals surface area contributed by atoms with Crippen LogP contribution in [-0.4, -0.2) is 65.3 Å². The Bertz CT molecular complexity index is 765. The summed E-state index contributed by atoms with van der Waals surface area (Å²) in [5.41, 5.74) is 0.840. The van der Waals surface area contributed by atoms with Crippen LogP contribution < -0.4 is 19.5 Å². The molecule has 1 saturated heterocycles. The van der Waals surface area contributed by atoms with Gasteiger partial charge < -0.3 is 19.5 Å². The number of hydrogen-bond donors (Lipinski definition) is 1. The number of amides is 1. The standard InChI is InChI=1S/C18H28N2O6S/c1-24-15-9-7-13(17(25-2)18(15)26-3)8-10-16(21)19-14-6-5-11-20(12-14)27(4,22)23/h7,9,14H,5-6,8,10-12H2,1-4H3,(H,19,21). The topological polar surface area (TPSA) is 94.2 Å². The largest absolute Gasteiger partial charge is 0.493 e. The van der Waals surface area contributed by atoms with Gasteiger partial charge in [-0.2, -0.15) is 0 Å². The van der Waals surface area contributed by atoms with Gasteiger partial charge in [-0.05, 0) is 30.9 Å². The lowest BCUT2D eigenvalue weighted by molar-refractivity contribution is -0.122. The molecule has 0 radical (unpaired) electrons. The van der Waals surface area contributed by atoms with E-state index in [1.165, 1.54) is 17.7 Å². The minimum Gasteiger partial charge on any atom is -0.493 e. The molecule has 152 valence electrons. The average Bonchev–Trinajstić information content (AvgIpc) is 2.64. The number of sulfonamides is 1. The van der Waals surface area contributed by atoms with Crippen molar-refractivity contribution in [3.63, 3.8) is 0 Å². The van der Waals surface area contributed by atoms with Gasteiger partial charge >= 0.3 is 0 Å². The molecule has 1 amide bonds. The highest BCUT2D eigenvalue weighted by Gasteiger charge is 2.26. The van der Waals surface area contributed by atoms with E-state index in [2.05, 4.69) is 5.32 Å². The Morgan fingerprint density at radius 1 is 1.19 bits per heavy atom. The fourth-order valence-corrected chi connectivity index (χ4v) is 4.18. The van der Waals surface area contributed by atoms with Gasteiger partial charge in [0.15, 0.2) is 11.5 Å². The van der Waals surface area contributed by atoms with Crippen LogP contribution in [0.5, 0.6) is 17.2 Å². The summed E-state index contributed by atoms with van der Waals surface area (Å²) in [5.74, 6) is 1.48. The Labute approximate surface area is 160 Å². The van der Waals surface area contributed by atoms with Gasteiger partial charge in [0, 0.05) is 25.6 Å². The van der Waals surface area contributed by atoms with E-state index < -0.39 is 10.0 Å². The van der Waals surface area contributed by atoms with E-state index in [9.17, 15) is 13.2 Å². The zero-order valence-electron chi connectivity index (χ0n) is 16.3. The molecule has 8 nitrogen and oxygen atoms in total. The fourth-order valence-electron chi connectivity index (χ4n) is 3.27. The number of hydrogen-bond acceptors (Lipinski definition) is 6. The van der Waals surface area contributed by atoms with Gasteiger partial charge in [-0.15, -0.1) is 0 Å². The molecule has 1 atom stereocenters. The molecule has 0 aromatic heterocycles. The number of methoxy groups -OCH3 is 3. The van der Waals surface area contributed by atoms with Crippen LogP contribution in [0, 0.1) is 0 Å². The molecular formula is C18H28N2O6S. The van der Waals surface area contributed by atoms with E-state index in [0.717, 1.165) is 18.4 Å². The van der Waals surface area contributed by atoms with E-state index in [4.69, 9.17) is 14.2 Å². The predicted molar refractivity (Wildman–Crippen MR) is 102 cm³/mol. The number of nitrogens with one attached hydrogen (secondary N) is 1. The van der Waals surface area contributed by atoms with Crippen LogP contribution in [0.25, 0.3) is 0 Å². The zero-order valence-corrected chi connectivity index (χ0v) is 17.1. The Balaban J connectivity index is 1.98. The summed E-state index contributed by atoms with van der Waals surface area (Å²) in [6.07, 6.45) is 3.44. The number of piperidine rings is 1. The van der Waals surface area contributed by atoms with Crippen LogP contribution >= 0.6 is 0 Å². The lowest BCUT2D eigenvalue weighted by Crippen LogP contribution is -2.49. The molecule has 1 aliphatic heterocycles. The highest BCUT2D eigenvalue weighted by molar-refractivity contribution is 7.88. The number of carbonyl (C=O) groups excluding carboxylic acids is 1. The molecule has 1 aliphatic rings. The average molecular weight is 400 g/mol. The maximum absolute atomic E-state index is 12.3. The second kappa shape index (κ2) is 9.27. The van der Waals surface area contributed by atoms with Crippen molar-refractivity contribution in [2.24, 2.45) is 0 Å². The van der Waals surface area contributed by atoms with Gasteiger partial charge in [-0.25, -0.2) is 12.7 Å². The third kappa shape index (κ3) is 5.49. The van der Waals surface area contributed by atoms with Gasteiger partial charge in [-0.1, -0.05) is 6.07 Å². The van der Waals surface area contributed by atoms with Crippen LogP contribution in [0.3, 0.4) is 0 Å². The molecule has 2 rings (SSSR count). The maximum Gasteiger partial charge on any atom is 0.220 e. The Morgan fingerprint density at radius 3 is 2.48 bits per heavy atom. The summed E-state index contributed by atoms with van der Waals surface area (Å²) >= 11 is 0. The van der Waals surface area contributed by atoms with Gasteiger partial charge in [-0.3, -0.25) is 4.79 Å². The van der Waals surface area contributed by atoms with Crippen LogP contribution in [0.4, 0.5) is 0 Å². The van der Waals surface area contributed by atoms with Gasteiger partial charge in [0.25, 0.3) is 0 Å². The smallest absolute Gasteiger partial charge is 0.220 e. The van der Waals surface area contributed by atoms with Crippen LogP contribution in [0.15, 0.2) is 12.1 Å². The third-order valence-corrected chi connectivity index (χ3v) is 5.90. The molecule has 27 heavy (non-hydrogen) atoms. The van der Waals surface area contributed by atoms with Crippen molar-refractivity contribution in [1.82, 2.24) is 9.62 Å². The molecule has 9 heteroatoms. The van der Waals surface area contributed by atoms with Crippen LogP contribution in [0.2, 0.25) is 0 Å². The van der Waals surface area contributed by atoms with Crippen molar-refractivity contribution in [3.05, 3.63) is 17.7 Å². The normalized spacial score (nSPS) is 18.0. The first-order chi connectivity index (χ1) is 12.8. The second-order valence-corrected chi connectivity index (χ2v) is 8.50. The van der Waals surface area contributed by atoms with Crippen LogP contribution in [-0.2, 0) is 21.2 Å². The van der Waals surface area contributed by atoms with Gasteiger partial charge in [0.05, 0.1) is 27.6 Å². The lowest BCUT2D eigenvalue weighted by atomic mass is 10.1. The zero-order chi connectivity index (χ0) is 20.0. The molecular weight excluding hydrogens is 372 g/mol. The fraction of sp³-hybridized carbons (Fsp3) is 0.611. The van der Waals surface area contributed by atoms with E-state index in [1.807, 2.05) is 6.07 Å². The molecule has 1 aromatic carbocycles. The number of carbonyl (C=O) groups is 1. The predicted octanol–water partition coefficient (Wildman–Crippen LogP) is 1.19. The molecule has 0 aliphatic carbocycles. The number of ether oxygens (including phenoxy) is 3. The number of nitrogens with zero attached hydrogens (tertiary/aromatic N) is 1. The minimum atomic E-state index is -3.23. The number of benzene rings is 1. The second-order valence-electron chi connectivity index (χ2n) is 6.52. The van der Waals surface area contributed by atoms with E-state index >= 15 is 0 Å². The van der Waals surface area contributed by atoms with Gasteiger partial charge in [0.1, 0.15) is 0 Å². The van der Waals surface area contributed by atoms with Crippen LogP contribution in [0.1, 0.15) is 24.8 Å². The molecule has 1 aromatic rings. The number of rotatable bonds is 8. The Morgan fingerprint density at radius 2 is 1.89 bits per heavy atom. The monoisotopic (exact) mass is 400 g/mol. The molecule has 0 saturated carbocycles. The summed E-state index contributed by atoms with van der Waals surface area (Å²) in [6.45, 7) is 0.832. The van der Waals surface area contributed by atoms with Crippen molar-refractivity contribution in [2.75, 3.05) is 40.7 Å². The summed E-state index contributed by atoms with van der Waals surface area (Å²) < 4.78 is 40.8. The summed E-state index contributed by atoms with van der Waals surface area (Å²) in [7, 11) is 1.40. The number of aryl methyl sites for hydroxylation is 1. The van der Waals surface area contributed by atoms with Crippen molar-refractivity contribution < 1.29 is 27.4 Å². The van der Waals surface area contributed by atoms with Crippen molar-refractivity contribution in [3.8, 4) is 17.2 Å². The highest BCUT2D eigenvalue weighted by Crippen LogP contribution is 2.40. The first-order valence-electron chi connectivity index (χ1n) is 8.82. The SMILES string of the molecule is COc1ccc(CCC(=O)NC2CCCN(S(C)(=O)=O)C2)c(OC)c1OC. The Hall–Kier alpha value is -2.00. The third-order valence-electron chi connectivity index (χ3n) is 4.63.